The number of aliphatic hydroxyl groups excluding tert-OH is 1. The molecule has 0 radical (unpaired) electrons. The molecule has 0 saturated carbocycles. The van der Waals surface area contributed by atoms with Gasteiger partial charge in [0.15, 0.2) is 0 Å². The fraction of sp³-hybridized carbons (Fsp3) is 0.933. The number of carbonyl (C=O) groups is 1. The summed E-state index contributed by atoms with van der Waals surface area (Å²) < 4.78 is 5.34. The van der Waals surface area contributed by atoms with E-state index in [0.29, 0.717) is 0 Å². The molecule has 0 aliphatic carbocycles. The molecule has 6 nitrogen and oxygen atoms in total. The highest BCUT2D eigenvalue weighted by atomic mass is 16.5. The van der Waals surface area contributed by atoms with Crippen LogP contribution in [0.2, 0.25) is 0 Å². The minimum atomic E-state index is -0.250. The van der Waals surface area contributed by atoms with Gasteiger partial charge in [-0.3, -0.25) is 14.6 Å². The highest BCUT2D eigenvalue weighted by molar-refractivity contribution is 5.81. The van der Waals surface area contributed by atoms with E-state index < -0.39 is 0 Å². The Morgan fingerprint density at radius 3 is 2.33 bits per heavy atom. The second-order valence-corrected chi connectivity index (χ2v) is 6.01. The number of piperazine rings is 1. The molecule has 2 aliphatic heterocycles. The lowest BCUT2D eigenvalue weighted by molar-refractivity contribution is -0.140. The second kappa shape index (κ2) is 8.08. The van der Waals surface area contributed by atoms with Crippen LogP contribution in [0.1, 0.15) is 20.3 Å². The molecule has 122 valence electrons. The molecule has 2 atom stereocenters. The van der Waals surface area contributed by atoms with E-state index in [1.807, 2.05) is 18.7 Å². The summed E-state index contributed by atoms with van der Waals surface area (Å²) in [6.07, 6.45) is 0.534. The molecule has 0 aromatic rings. The standard InChI is InChI=1S/C15H29N3O3/c1-3-14(19)12-16-4-6-18(7-5-16)15(20)13(2)17-8-10-21-11-9-17/h13-14,19H,3-12H2,1-2H3/t13-,14+/m0/s1. The van der Waals surface area contributed by atoms with Crippen LogP contribution >= 0.6 is 0 Å². The van der Waals surface area contributed by atoms with Gasteiger partial charge in [0, 0.05) is 45.8 Å². The fourth-order valence-corrected chi connectivity index (χ4v) is 2.96. The third-order valence-electron chi connectivity index (χ3n) is 4.57. The first-order valence-electron chi connectivity index (χ1n) is 8.12. The van der Waals surface area contributed by atoms with Gasteiger partial charge in [0.2, 0.25) is 5.91 Å². The van der Waals surface area contributed by atoms with Crippen molar-refractivity contribution in [3.8, 4) is 0 Å². The van der Waals surface area contributed by atoms with Crippen molar-refractivity contribution in [3.63, 3.8) is 0 Å². The predicted octanol–water partition coefficient (Wildman–Crippen LogP) is -0.378. The Bertz CT molecular complexity index is 326. The zero-order chi connectivity index (χ0) is 15.2. The zero-order valence-corrected chi connectivity index (χ0v) is 13.3. The van der Waals surface area contributed by atoms with Crippen LogP contribution in [-0.4, -0.2) is 96.9 Å². The summed E-state index contributed by atoms with van der Waals surface area (Å²) in [6.45, 7) is 11.1. The van der Waals surface area contributed by atoms with Crippen molar-refractivity contribution in [2.75, 3.05) is 59.0 Å². The molecule has 21 heavy (non-hydrogen) atoms. The highest BCUT2D eigenvalue weighted by Crippen LogP contribution is 2.10. The molecule has 2 heterocycles. The number of aliphatic hydroxyl groups is 1. The van der Waals surface area contributed by atoms with E-state index in [1.165, 1.54) is 0 Å². The van der Waals surface area contributed by atoms with E-state index in [-0.39, 0.29) is 18.1 Å². The molecule has 2 saturated heterocycles. The quantitative estimate of drug-likeness (QED) is 0.750. The summed E-state index contributed by atoms with van der Waals surface area (Å²) >= 11 is 0. The topological polar surface area (TPSA) is 56.2 Å². The molecule has 6 heteroatoms. The van der Waals surface area contributed by atoms with Gasteiger partial charge in [0.1, 0.15) is 0 Å². The lowest BCUT2D eigenvalue weighted by Gasteiger charge is -2.39. The molecule has 2 fully saturated rings. The predicted molar refractivity (Wildman–Crippen MR) is 81.2 cm³/mol. The van der Waals surface area contributed by atoms with E-state index in [9.17, 15) is 9.90 Å². The number of amides is 1. The van der Waals surface area contributed by atoms with Crippen molar-refractivity contribution in [1.82, 2.24) is 14.7 Å². The summed E-state index contributed by atoms with van der Waals surface area (Å²) in [6, 6.07) is -0.0540. The van der Waals surface area contributed by atoms with Crippen molar-refractivity contribution >= 4 is 5.91 Å². The lowest BCUT2D eigenvalue weighted by atomic mass is 10.2. The van der Waals surface area contributed by atoms with Gasteiger partial charge in [-0.05, 0) is 13.3 Å². The molecule has 2 aliphatic rings. The maximum absolute atomic E-state index is 12.6. The third kappa shape index (κ3) is 4.64. The third-order valence-corrected chi connectivity index (χ3v) is 4.57. The number of hydrogen-bond acceptors (Lipinski definition) is 5. The highest BCUT2D eigenvalue weighted by Gasteiger charge is 2.29. The van der Waals surface area contributed by atoms with Crippen LogP contribution in [0.15, 0.2) is 0 Å². The van der Waals surface area contributed by atoms with E-state index >= 15 is 0 Å². The van der Waals surface area contributed by atoms with Crippen molar-refractivity contribution in [2.24, 2.45) is 0 Å². The first kappa shape index (κ1) is 16.7. The van der Waals surface area contributed by atoms with Crippen molar-refractivity contribution < 1.29 is 14.6 Å². The van der Waals surface area contributed by atoms with Crippen LogP contribution in [0, 0.1) is 0 Å². The van der Waals surface area contributed by atoms with E-state index in [0.717, 1.165) is 65.4 Å². The number of nitrogens with zero attached hydrogens (tertiary/aromatic N) is 3. The summed E-state index contributed by atoms with van der Waals surface area (Å²) in [7, 11) is 0. The number of hydrogen-bond donors (Lipinski definition) is 1. The molecule has 0 spiro atoms. The van der Waals surface area contributed by atoms with Gasteiger partial charge in [-0.25, -0.2) is 0 Å². The largest absolute Gasteiger partial charge is 0.392 e. The monoisotopic (exact) mass is 299 g/mol. The minimum absolute atomic E-state index is 0.0540. The van der Waals surface area contributed by atoms with Crippen LogP contribution in [0.5, 0.6) is 0 Å². The second-order valence-electron chi connectivity index (χ2n) is 6.01. The first-order valence-corrected chi connectivity index (χ1v) is 8.12. The van der Waals surface area contributed by atoms with Crippen molar-refractivity contribution in [1.29, 1.82) is 0 Å². The number of ether oxygens (including phenoxy) is 1. The van der Waals surface area contributed by atoms with Gasteiger partial charge < -0.3 is 14.7 Å². The Balaban J connectivity index is 1.77. The summed E-state index contributed by atoms with van der Waals surface area (Å²) in [5.41, 5.74) is 0. The Hall–Kier alpha value is -0.690. The fourth-order valence-electron chi connectivity index (χ4n) is 2.96. The maximum Gasteiger partial charge on any atom is 0.239 e. The van der Waals surface area contributed by atoms with Crippen molar-refractivity contribution in [2.45, 2.75) is 32.4 Å². The van der Waals surface area contributed by atoms with Crippen LogP contribution in [-0.2, 0) is 9.53 Å². The average molecular weight is 299 g/mol. The molecule has 0 aromatic carbocycles. The summed E-state index contributed by atoms with van der Waals surface area (Å²) in [5.74, 6) is 0.229. The van der Waals surface area contributed by atoms with E-state index in [4.69, 9.17) is 4.74 Å². The first-order chi connectivity index (χ1) is 10.1. The van der Waals surface area contributed by atoms with Crippen LogP contribution in [0.4, 0.5) is 0 Å². The average Bonchev–Trinajstić information content (AvgIpc) is 2.55. The molecule has 0 bridgehead atoms. The molecule has 0 aromatic heterocycles. The zero-order valence-electron chi connectivity index (χ0n) is 13.3. The summed E-state index contributed by atoms with van der Waals surface area (Å²) in [4.78, 5) is 19.0. The normalized spacial score (nSPS) is 24.8. The lowest BCUT2D eigenvalue weighted by Crippen LogP contribution is -2.56. The van der Waals surface area contributed by atoms with Gasteiger partial charge in [0.25, 0.3) is 0 Å². The molecule has 1 N–H and O–H groups in total. The van der Waals surface area contributed by atoms with Gasteiger partial charge in [-0.2, -0.15) is 0 Å². The Morgan fingerprint density at radius 1 is 1.14 bits per heavy atom. The number of β-amino-alcohol motifs (C(OH)–C–C–N with tert-alkyl or cyclic N) is 1. The van der Waals surface area contributed by atoms with E-state index in [2.05, 4.69) is 9.80 Å². The number of carbonyl (C=O) groups excluding carboxylic acids is 1. The number of rotatable bonds is 5. The van der Waals surface area contributed by atoms with Crippen LogP contribution < -0.4 is 0 Å². The Labute approximate surface area is 127 Å². The summed E-state index contributed by atoms with van der Waals surface area (Å²) in [5, 5.41) is 9.70. The van der Waals surface area contributed by atoms with Crippen molar-refractivity contribution in [3.05, 3.63) is 0 Å². The Kier molecular flexibility index (Phi) is 6.41. The molecular weight excluding hydrogens is 270 g/mol. The molecular formula is C15H29N3O3. The molecule has 2 rings (SSSR count). The minimum Gasteiger partial charge on any atom is -0.392 e. The maximum atomic E-state index is 12.6. The van der Waals surface area contributed by atoms with E-state index in [1.54, 1.807) is 0 Å². The van der Waals surface area contributed by atoms with Crippen LogP contribution in [0.3, 0.4) is 0 Å². The molecule has 0 unspecified atom stereocenters. The SMILES string of the molecule is CC[C@@H](O)CN1CCN(C(=O)[C@H](C)N2CCOCC2)CC1. The van der Waals surface area contributed by atoms with Gasteiger partial charge in [-0.15, -0.1) is 0 Å². The smallest absolute Gasteiger partial charge is 0.239 e. The van der Waals surface area contributed by atoms with Gasteiger partial charge in [-0.1, -0.05) is 6.92 Å². The van der Waals surface area contributed by atoms with Gasteiger partial charge >= 0.3 is 0 Å². The van der Waals surface area contributed by atoms with Gasteiger partial charge in [0.05, 0.1) is 25.4 Å². The number of morpholine rings is 1. The van der Waals surface area contributed by atoms with Crippen LogP contribution in [0.25, 0.3) is 0 Å². The molecule has 1 amide bonds. The Morgan fingerprint density at radius 2 is 1.76 bits per heavy atom.